The third kappa shape index (κ3) is 2.40. The van der Waals surface area contributed by atoms with Gasteiger partial charge in [0.05, 0.1) is 6.42 Å². The van der Waals surface area contributed by atoms with Gasteiger partial charge in [-0.15, -0.1) is 0 Å². The summed E-state index contributed by atoms with van der Waals surface area (Å²) in [7, 11) is 0. The fourth-order valence-electron chi connectivity index (χ4n) is 3.66. The SMILES string of the molecule is CC1CCCC(CC(=O)O)(N2CCCC2)C1. The van der Waals surface area contributed by atoms with Gasteiger partial charge in [0.25, 0.3) is 0 Å². The van der Waals surface area contributed by atoms with E-state index >= 15 is 0 Å². The number of likely N-dealkylation sites (tertiary alicyclic amines) is 1. The van der Waals surface area contributed by atoms with Crippen LogP contribution in [0.25, 0.3) is 0 Å². The molecule has 0 aromatic heterocycles. The average Bonchev–Trinajstić information content (AvgIpc) is 2.69. The van der Waals surface area contributed by atoms with Gasteiger partial charge in [0.15, 0.2) is 0 Å². The quantitative estimate of drug-likeness (QED) is 0.802. The van der Waals surface area contributed by atoms with Crippen LogP contribution in [0.2, 0.25) is 0 Å². The molecule has 2 aliphatic rings. The van der Waals surface area contributed by atoms with Gasteiger partial charge in [0.2, 0.25) is 0 Å². The molecule has 1 saturated heterocycles. The van der Waals surface area contributed by atoms with Gasteiger partial charge in [0.1, 0.15) is 0 Å². The van der Waals surface area contributed by atoms with Crippen LogP contribution in [-0.2, 0) is 4.79 Å². The van der Waals surface area contributed by atoms with Crippen molar-refractivity contribution < 1.29 is 9.90 Å². The minimum Gasteiger partial charge on any atom is -0.481 e. The molecule has 0 bridgehead atoms. The van der Waals surface area contributed by atoms with E-state index in [9.17, 15) is 4.79 Å². The highest BCUT2D eigenvalue weighted by molar-refractivity contribution is 5.68. The number of rotatable bonds is 3. The Kier molecular flexibility index (Phi) is 3.53. The molecule has 0 spiro atoms. The highest BCUT2D eigenvalue weighted by atomic mass is 16.4. The molecule has 0 aromatic carbocycles. The standard InChI is InChI=1S/C13H23NO2/c1-11-5-4-6-13(9-11,10-12(15)16)14-7-2-3-8-14/h11H,2-10H2,1H3,(H,15,16). The van der Waals surface area contributed by atoms with E-state index in [0.29, 0.717) is 12.3 Å². The number of carboxylic acids is 1. The molecule has 1 N–H and O–H groups in total. The van der Waals surface area contributed by atoms with Crippen molar-refractivity contribution in [2.75, 3.05) is 13.1 Å². The molecule has 3 heteroatoms. The van der Waals surface area contributed by atoms with E-state index in [-0.39, 0.29) is 5.54 Å². The van der Waals surface area contributed by atoms with Gasteiger partial charge in [0, 0.05) is 5.54 Å². The minimum absolute atomic E-state index is 0.0139. The highest BCUT2D eigenvalue weighted by Gasteiger charge is 2.42. The van der Waals surface area contributed by atoms with Crippen LogP contribution in [0.3, 0.4) is 0 Å². The van der Waals surface area contributed by atoms with Crippen molar-refractivity contribution in [1.29, 1.82) is 0 Å². The maximum absolute atomic E-state index is 11.1. The van der Waals surface area contributed by atoms with E-state index in [1.54, 1.807) is 0 Å². The van der Waals surface area contributed by atoms with Gasteiger partial charge in [-0.25, -0.2) is 0 Å². The molecular formula is C13H23NO2. The average molecular weight is 225 g/mol. The van der Waals surface area contributed by atoms with Crippen molar-refractivity contribution in [3.05, 3.63) is 0 Å². The van der Waals surface area contributed by atoms with Crippen LogP contribution in [0, 0.1) is 5.92 Å². The Morgan fingerprint density at radius 1 is 1.38 bits per heavy atom. The van der Waals surface area contributed by atoms with Crippen LogP contribution in [-0.4, -0.2) is 34.6 Å². The van der Waals surface area contributed by atoms with Crippen LogP contribution < -0.4 is 0 Å². The lowest BCUT2D eigenvalue weighted by Gasteiger charge is -2.46. The van der Waals surface area contributed by atoms with Crippen molar-refractivity contribution in [2.24, 2.45) is 5.92 Å². The Hall–Kier alpha value is -0.570. The molecular weight excluding hydrogens is 202 g/mol. The Bertz CT molecular complexity index is 261. The summed E-state index contributed by atoms with van der Waals surface area (Å²) >= 11 is 0. The number of carbonyl (C=O) groups is 1. The second-order valence-electron chi connectivity index (χ2n) is 5.69. The number of carboxylic acid groups (broad SMARTS) is 1. The molecule has 16 heavy (non-hydrogen) atoms. The molecule has 0 radical (unpaired) electrons. The lowest BCUT2D eigenvalue weighted by Crippen LogP contribution is -2.51. The van der Waals surface area contributed by atoms with Crippen molar-refractivity contribution in [1.82, 2.24) is 4.90 Å². The largest absolute Gasteiger partial charge is 0.481 e. The summed E-state index contributed by atoms with van der Waals surface area (Å²) in [4.78, 5) is 13.6. The number of hydrogen-bond donors (Lipinski definition) is 1. The predicted octanol–water partition coefficient (Wildman–Crippen LogP) is 2.51. The van der Waals surface area contributed by atoms with Gasteiger partial charge in [-0.2, -0.15) is 0 Å². The Morgan fingerprint density at radius 2 is 2.06 bits per heavy atom. The smallest absolute Gasteiger partial charge is 0.305 e. The van der Waals surface area contributed by atoms with Crippen molar-refractivity contribution in [3.8, 4) is 0 Å². The van der Waals surface area contributed by atoms with Gasteiger partial charge >= 0.3 is 5.97 Å². The van der Waals surface area contributed by atoms with E-state index in [2.05, 4.69) is 11.8 Å². The number of hydrogen-bond acceptors (Lipinski definition) is 2. The lowest BCUT2D eigenvalue weighted by molar-refractivity contribution is -0.141. The molecule has 1 saturated carbocycles. The molecule has 0 aromatic rings. The first kappa shape index (κ1) is 11.9. The summed E-state index contributed by atoms with van der Waals surface area (Å²) in [5.74, 6) is 0.0645. The Morgan fingerprint density at radius 3 is 2.62 bits per heavy atom. The van der Waals surface area contributed by atoms with E-state index in [1.165, 1.54) is 25.7 Å². The molecule has 1 aliphatic heterocycles. The van der Waals surface area contributed by atoms with E-state index in [0.717, 1.165) is 25.9 Å². The minimum atomic E-state index is -0.624. The second kappa shape index (κ2) is 4.74. The topological polar surface area (TPSA) is 40.5 Å². The normalized spacial score (nSPS) is 36.4. The summed E-state index contributed by atoms with van der Waals surface area (Å²) in [6, 6.07) is 0. The zero-order valence-electron chi connectivity index (χ0n) is 10.2. The van der Waals surface area contributed by atoms with Gasteiger partial charge in [-0.3, -0.25) is 9.69 Å². The van der Waals surface area contributed by atoms with Gasteiger partial charge in [-0.05, 0) is 44.7 Å². The van der Waals surface area contributed by atoms with Crippen molar-refractivity contribution in [3.63, 3.8) is 0 Å². The molecule has 3 nitrogen and oxygen atoms in total. The molecule has 2 rings (SSSR count). The highest BCUT2D eigenvalue weighted by Crippen LogP contribution is 2.40. The molecule has 92 valence electrons. The van der Waals surface area contributed by atoms with Crippen molar-refractivity contribution in [2.45, 2.75) is 57.4 Å². The third-order valence-corrected chi connectivity index (χ3v) is 4.32. The molecule has 1 aliphatic carbocycles. The summed E-state index contributed by atoms with van der Waals surface area (Å²) in [5.41, 5.74) is -0.0139. The monoisotopic (exact) mass is 225 g/mol. The van der Waals surface area contributed by atoms with E-state index < -0.39 is 5.97 Å². The van der Waals surface area contributed by atoms with E-state index in [1.807, 2.05) is 0 Å². The Labute approximate surface area is 97.8 Å². The van der Waals surface area contributed by atoms with Crippen LogP contribution >= 0.6 is 0 Å². The summed E-state index contributed by atoms with van der Waals surface area (Å²) in [5, 5.41) is 9.15. The maximum Gasteiger partial charge on any atom is 0.305 e. The lowest BCUT2D eigenvalue weighted by atomic mass is 9.73. The first-order chi connectivity index (χ1) is 7.62. The number of nitrogens with zero attached hydrogens (tertiary/aromatic N) is 1. The van der Waals surface area contributed by atoms with Crippen molar-refractivity contribution >= 4 is 5.97 Å². The number of aliphatic carboxylic acids is 1. The fourth-order valence-corrected chi connectivity index (χ4v) is 3.66. The maximum atomic E-state index is 11.1. The molecule has 1 heterocycles. The second-order valence-corrected chi connectivity index (χ2v) is 5.69. The van der Waals surface area contributed by atoms with Crippen LogP contribution in [0.15, 0.2) is 0 Å². The molecule has 2 atom stereocenters. The van der Waals surface area contributed by atoms with Gasteiger partial charge in [-0.1, -0.05) is 19.8 Å². The fraction of sp³-hybridized carbons (Fsp3) is 0.923. The van der Waals surface area contributed by atoms with Crippen LogP contribution in [0.1, 0.15) is 51.9 Å². The zero-order chi connectivity index (χ0) is 11.6. The summed E-state index contributed by atoms with van der Waals surface area (Å²) < 4.78 is 0. The van der Waals surface area contributed by atoms with Crippen LogP contribution in [0.4, 0.5) is 0 Å². The first-order valence-corrected chi connectivity index (χ1v) is 6.59. The third-order valence-electron chi connectivity index (χ3n) is 4.32. The predicted molar refractivity (Wildman–Crippen MR) is 63.4 cm³/mol. The van der Waals surface area contributed by atoms with Gasteiger partial charge < -0.3 is 5.11 Å². The summed E-state index contributed by atoms with van der Waals surface area (Å²) in [6.45, 7) is 4.49. The Balaban J connectivity index is 2.13. The molecule has 2 fully saturated rings. The summed E-state index contributed by atoms with van der Waals surface area (Å²) in [6.07, 6.45) is 7.48. The molecule has 2 unspecified atom stereocenters. The zero-order valence-corrected chi connectivity index (χ0v) is 10.2. The van der Waals surface area contributed by atoms with E-state index in [4.69, 9.17) is 5.11 Å². The first-order valence-electron chi connectivity index (χ1n) is 6.59. The molecule has 0 amide bonds. The van der Waals surface area contributed by atoms with Crippen LogP contribution in [0.5, 0.6) is 0 Å².